The number of aromatic nitrogens is 1. The van der Waals surface area contributed by atoms with Crippen LogP contribution in [-0.2, 0) is 22.6 Å². The van der Waals surface area contributed by atoms with Gasteiger partial charge in [-0.05, 0) is 42.7 Å². The van der Waals surface area contributed by atoms with Crippen LogP contribution in [0, 0.1) is 22.2 Å². The van der Waals surface area contributed by atoms with E-state index in [1.807, 2.05) is 33.8 Å². The monoisotopic (exact) mass is 503 g/mol. The summed E-state index contributed by atoms with van der Waals surface area (Å²) in [5, 5.41) is 27.7. The molecule has 2 amide bonds. The Labute approximate surface area is 210 Å². The number of furan rings is 1. The molecule has 4 N–H and O–H groups in total. The van der Waals surface area contributed by atoms with E-state index in [1.165, 1.54) is 11.3 Å². The van der Waals surface area contributed by atoms with Gasteiger partial charge in [0.2, 0.25) is 11.8 Å². The number of aliphatic hydroxyl groups is 2. The minimum atomic E-state index is -0.688. The van der Waals surface area contributed by atoms with Crippen molar-refractivity contribution in [2.75, 3.05) is 11.9 Å². The van der Waals surface area contributed by atoms with Gasteiger partial charge in [0.1, 0.15) is 5.76 Å². The van der Waals surface area contributed by atoms with E-state index in [4.69, 9.17) is 9.40 Å². The summed E-state index contributed by atoms with van der Waals surface area (Å²) in [5.41, 5.74) is -0.739. The molecule has 0 saturated heterocycles. The lowest BCUT2D eigenvalue weighted by Gasteiger charge is -2.58. The van der Waals surface area contributed by atoms with Gasteiger partial charge in [-0.1, -0.05) is 34.6 Å². The Balaban J connectivity index is 1.67. The molecular weight excluding hydrogens is 466 g/mol. The van der Waals surface area contributed by atoms with Crippen molar-refractivity contribution >= 4 is 28.3 Å². The third-order valence-corrected chi connectivity index (χ3v) is 9.23. The molecule has 2 heterocycles. The minimum Gasteiger partial charge on any atom is -0.467 e. The summed E-state index contributed by atoms with van der Waals surface area (Å²) in [6.07, 6.45) is 3.12. The average molecular weight is 504 g/mol. The maximum atomic E-state index is 13.1. The zero-order valence-corrected chi connectivity index (χ0v) is 22.0. The molecule has 192 valence electrons. The van der Waals surface area contributed by atoms with Crippen molar-refractivity contribution in [3.63, 3.8) is 0 Å². The van der Waals surface area contributed by atoms with Gasteiger partial charge in [0, 0.05) is 28.0 Å². The number of amides is 2. The van der Waals surface area contributed by atoms with Crippen molar-refractivity contribution in [1.29, 1.82) is 0 Å². The molecule has 0 radical (unpaired) electrons. The zero-order chi connectivity index (χ0) is 25.6. The fourth-order valence-electron chi connectivity index (χ4n) is 5.84. The lowest BCUT2D eigenvalue weighted by Crippen LogP contribution is -2.57. The van der Waals surface area contributed by atoms with E-state index in [2.05, 4.69) is 17.6 Å². The second-order valence-corrected chi connectivity index (χ2v) is 12.7. The molecule has 35 heavy (non-hydrogen) atoms. The second-order valence-electron chi connectivity index (χ2n) is 11.6. The van der Waals surface area contributed by atoms with Crippen LogP contribution in [-0.4, -0.2) is 39.7 Å². The van der Waals surface area contributed by atoms with Crippen LogP contribution in [0.15, 0.2) is 22.8 Å². The summed E-state index contributed by atoms with van der Waals surface area (Å²) in [5.74, 6) is 0.217. The maximum Gasteiger partial charge on any atom is 0.231 e. The number of anilines is 1. The van der Waals surface area contributed by atoms with Gasteiger partial charge >= 0.3 is 0 Å². The molecule has 5 unspecified atom stereocenters. The number of nitrogens with zero attached hydrogens (tertiary/aromatic N) is 1. The van der Waals surface area contributed by atoms with E-state index in [9.17, 15) is 19.8 Å². The molecule has 4 rings (SSSR count). The molecule has 5 atom stereocenters. The van der Waals surface area contributed by atoms with Crippen LogP contribution in [0.5, 0.6) is 0 Å². The van der Waals surface area contributed by atoms with Crippen LogP contribution in [0.2, 0.25) is 0 Å². The number of nitrogens with one attached hydrogen (secondary N) is 2. The lowest BCUT2D eigenvalue weighted by molar-refractivity contribution is -0.144. The Morgan fingerprint density at radius 3 is 2.69 bits per heavy atom. The molecular formula is C26H37N3O5S. The van der Waals surface area contributed by atoms with Gasteiger partial charge in [-0.15, -0.1) is 11.3 Å². The van der Waals surface area contributed by atoms with Crippen LogP contribution in [0.4, 0.5) is 5.13 Å². The van der Waals surface area contributed by atoms with Crippen LogP contribution < -0.4 is 10.6 Å². The Hall–Kier alpha value is -2.23. The van der Waals surface area contributed by atoms with Crippen molar-refractivity contribution in [2.45, 2.75) is 78.9 Å². The first-order chi connectivity index (χ1) is 16.4. The van der Waals surface area contributed by atoms with E-state index in [1.54, 1.807) is 12.3 Å². The number of fused-ring (bicyclic) bond motifs is 2. The molecule has 0 aliphatic heterocycles. The number of aliphatic hydroxyl groups excluding tert-OH is 2. The van der Waals surface area contributed by atoms with Crippen molar-refractivity contribution in [3.8, 4) is 0 Å². The zero-order valence-electron chi connectivity index (χ0n) is 21.2. The first-order valence-corrected chi connectivity index (χ1v) is 13.1. The fraction of sp³-hybridized carbons (Fsp3) is 0.654. The van der Waals surface area contributed by atoms with Gasteiger partial charge in [-0.3, -0.25) is 9.59 Å². The van der Waals surface area contributed by atoms with Gasteiger partial charge in [-0.25, -0.2) is 4.98 Å². The van der Waals surface area contributed by atoms with Crippen LogP contribution >= 0.6 is 11.3 Å². The van der Waals surface area contributed by atoms with E-state index in [0.29, 0.717) is 30.3 Å². The maximum absolute atomic E-state index is 13.1. The van der Waals surface area contributed by atoms with E-state index in [-0.39, 0.29) is 42.1 Å². The van der Waals surface area contributed by atoms with Crippen molar-refractivity contribution in [3.05, 3.63) is 34.7 Å². The summed E-state index contributed by atoms with van der Waals surface area (Å²) < 4.78 is 5.34. The molecule has 9 heteroatoms. The van der Waals surface area contributed by atoms with Gasteiger partial charge < -0.3 is 25.3 Å². The van der Waals surface area contributed by atoms with Crippen LogP contribution in [0.25, 0.3) is 0 Å². The Morgan fingerprint density at radius 1 is 1.31 bits per heavy atom. The Morgan fingerprint density at radius 2 is 2.06 bits per heavy atom. The number of carbonyl (C=O) groups is 2. The largest absolute Gasteiger partial charge is 0.467 e. The van der Waals surface area contributed by atoms with E-state index >= 15 is 0 Å². The predicted octanol–water partition coefficient (Wildman–Crippen LogP) is 3.84. The Kier molecular flexibility index (Phi) is 6.89. The first-order valence-electron chi connectivity index (χ1n) is 12.3. The third kappa shape index (κ3) is 4.78. The molecule has 2 aliphatic carbocycles. The molecule has 8 nitrogen and oxygen atoms in total. The number of thiazole rings is 1. The van der Waals surface area contributed by atoms with E-state index < -0.39 is 16.9 Å². The van der Waals surface area contributed by atoms with Crippen LogP contribution in [0.3, 0.4) is 0 Å². The number of hydrogen-bond donors (Lipinski definition) is 4. The normalized spacial score (nSPS) is 30.3. The summed E-state index contributed by atoms with van der Waals surface area (Å²) in [6, 6.07) is 3.60. The number of hydrogen-bond acceptors (Lipinski definition) is 7. The fourth-order valence-corrected chi connectivity index (χ4v) is 6.90. The summed E-state index contributed by atoms with van der Waals surface area (Å²) in [4.78, 5) is 31.6. The SMILES string of the molecule is CC(C)(C)C(=O)Nc1nc2c(s1)CC1C(C)(CO)C(O)CCC1(C)C2CC(=O)NCc1ccco1. The second kappa shape index (κ2) is 9.33. The smallest absolute Gasteiger partial charge is 0.231 e. The molecule has 2 aromatic rings. The molecule has 2 aliphatic rings. The number of rotatable bonds is 6. The molecule has 0 spiro atoms. The van der Waals surface area contributed by atoms with Gasteiger partial charge in [-0.2, -0.15) is 0 Å². The van der Waals surface area contributed by atoms with Gasteiger partial charge in [0.25, 0.3) is 0 Å². The lowest BCUT2D eigenvalue weighted by atomic mass is 9.47. The highest BCUT2D eigenvalue weighted by atomic mass is 32.1. The molecule has 1 fully saturated rings. The average Bonchev–Trinajstić information content (AvgIpc) is 3.45. The topological polar surface area (TPSA) is 125 Å². The summed E-state index contributed by atoms with van der Waals surface area (Å²) in [6.45, 7) is 9.85. The molecule has 2 aromatic heterocycles. The van der Waals surface area contributed by atoms with Crippen molar-refractivity contribution < 1.29 is 24.2 Å². The Bertz CT molecular complexity index is 1080. The van der Waals surface area contributed by atoms with Gasteiger partial charge in [0.15, 0.2) is 5.13 Å². The first kappa shape index (κ1) is 25.9. The molecule has 1 saturated carbocycles. The quantitative estimate of drug-likeness (QED) is 0.475. The minimum absolute atomic E-state index is 0.0364. The highest BCUT2D eigenvalue weighted by Gasteiger charge is 2.59. The summed E-state index contributed by atoms with van der Waals surface area (Å²) >= 11 is 1.44. The highest BCUT2D eigenvalue weighted by molar-refractivity contribution is 7.15. The van der Waals surface area contributed by atoms with Crippen molar-refractivity contribution in [1.82, 2.24) is 10.3 Å². The predicted molar refractivity (Wildman–Crippen MR) is 134 cm³/mol. The number of carbonyl (C=O) groups excluding carboxylic acids is 2. The third-order valence-electron chi connectivity index (χ3n) is 8.22. The molecule has 0 bridgehead atoms. The summed E-state index contributed by atoms with van der Waals surface area (Å²) in [7, 11) is 0. The van der Waals surface area contributed by atoms with E-state index in [0.717, 1.165) is 17.0 Å². The standard InChI is InChI=1S/C26H37N3O5S/c1-24(2,3)22(33)29-23-28-21-16(11-20(32)27-13-15-7-6-10-34-15)25(4)9-8-19(31)26(5,14-30)18(25)12-17(21)35-23/h6-7,10,16,18-19,30-31H,8-9,11-14H2,1-5H3,(H,27,32)(H,28,29,33). The molecule has 0 aromatic carbocycles. The van der Waals surface area contributed by atoms with Crippen LogP contribution in [0.1, 0.15) is 76.1 Å². The van der Waals surface area contributed by atoms with Crippen molar-refractivity contribution in [2.24, 2.45) is 22.2 Å². The highest BCUT2D eigenvalue weighted by Crippen LogP contribution is 2.62. The van der Waals surface area contributed by atoms with Gasteiger partial charge in [0.05, 0.1) is 31.2 Å².